The minimum absolute atomic E-state index is 0.235. The minimum Gasteiger partial charge on any atom is -0.454 e. The van der Waals surface area contributed by atoms with Gasteiger partial charge in [0.05, 0.1) is 6.20 Å². The standard InChI is InChI=1S/C15H16N6O3/c22-9-20-3-5-21(6-4-20)14-8-16-19-15(18-14)17-11-1-2-12-13(7-11)24-10-23-12/h1-2,7-9H,3-6,10H2,(H,17,18,19). The number of amides is 1. The fraction of sp³-hybridized carbons (Fsp3) is 0.333. The van der Waals surface area contributed by atoms with Crippen LogP contribution < -0.4 is 19.7 Å². The first kappa shape index (κ1) is 14.5. The summed E-state index contributed by atoms with van der Waals surface area (Å²) in [6.07, 6.45) is 2.50. The van der Waals surface area contributed by atoms with E-state index in [1.54, 1.807) is 11.1 Å². The molecular formula is C15H16N6O3. The molecule has 2 aromatic rings. The molecule has 1 N–H and O–H groups in total. The average Bonchev–Trinajstić information content (AvgIpc) is 3.10. The lowest BCUT2D eigenvalue weighted by Gasteiger charge is -2.33. The minimum atomic E-state index is 0.235. The summed E-state index contributed by atoms with van der Waals surface area (Å²) in [5, 5.41) is 11.1. The lowest BCUT2D eigenvalue weighted by Crippen LogP contribution is -2.46. The van der Waals surface area contributed by atoms with Crippen molar-refractivity contribution in [2.24, 2.45) is 0 Å². The number of hydrogen-bond acceptors (Lipinski definition) is 8. The van der Waals surface area contributed by atoms with Crippen molar-refractivity contribution < 1.29 is 14.3 Å². The highest BCUT2D eigenvalue weighted by Gasteiger charge is 2.18. The molecule has 1 aromatic heterocycles. The third-order valence-corrected chi connectivity index (χ3v) is 3.96. The molecule has 9 nitrogen and oxygen atoms in total. The lowest BCUT2D eigenvalue weighted by atomic mass is 10.3. The molecule has 0 saturated carbocycles. The topological polar surface area (TPSA) is 92.7 Å². The molecule has 2 aliphatic rings. The number of carbonyl (C=O) groups is 1. The summed E-state index contributed by atoms with van der Waals surface area (Å²) in [4.78, 5) is 19.1. The Balaban J connectivity index is 1.48. The maximum Gasteiger partial charge on any atom is 0.249 e. The van der Waals surface area contributed by atoms with Gasteiger partial charge in [-0.25, -0.2) is 0 Å². The average molecular weight is 328 g/mol. The molecule has 0 unspecified atom stereocenters. The summed E-state index contributed by atoms with van der Waals surface area (Å²) in [7, 11) is 0. The van der Waals surface area contributed by atoms with Gasteiger partial charge in [0.1, 0.15) is 0 Å². The number of fused-ring (bicyclic) bond motifs is 1. The molecule has 24 heavy (non-hydrogen) atoms. The van der Waals surface area contributed by atoms with Gasteiger partial charge in [0.15, 0.2) is 17.3 Å². The quantitative estimate of drug-likeness (QED) is 0.817. The molecule has 9 heteroatoms. The van der Waals surface area contributed by atoms with Crippen LogP contribution >= 0.6 is 0 Å². The second-order valence-corrected chi connectivity index (χ2v) is 5.46. The highest BCUT2D eigenvalue weighted by atomic mass is 16.7. The van der Waals surface area contributed by atoms with Crippen molar-refractivity contribution in [2.45, 2.75) is 0 Å². The molecule has 0 atom stereocenters. The van der Waals surface area contributed by atoms with E-state index in [1.807, 2.05) is 18.2 Å². The molecule has 1 saturated heterocycles. The van der Waals surface area contributed by atoms with Gasteiger partial charge in [-0.3, -0.25) is 4.79 Å². The zero-order valence-electron chi connectivity index (χ0n) is 12.9. The lowest BCUT2D eigenvalue weighted by molar-refractivity contribution is -0.118. The Hall–Kier alpha value is -3.10. The number of ether oxygens (including phenoxy) is 2. The van der Waals surface area contributed by atoms with Crippen LogP contribution in [0.1, 0.15) is 0 Å². The van der Waals surface area contributed by atoms with E-state index >= 15 is 0 Å². The van der Waals surface area contributed by atoms with Gasteiger partial charge in [-0.1, -0.05) is 0 Å². The molecule has 1 amide bonds. The number of piperazine rings is 1. The van der Waals surface area contributed by atoms with E-state index in [1.165, 1.54) is 0 Å². The predicted molar refractivity (Wildman–Crippen MR) is 85.5 cm³/mol. The summed E-state index contributed by atoms with van der Waals surface area (Å²) >= 11 is 0. The summed E-state index contributed by atoms with van der Waals surface area (Å²) < 4.78 is 10.6. The number of rotatable bonds is 4. The SMILES string of the molecule is O=CN1CCN(c2cnnc(Nc3ccc4c(c3)OCO4)n2)CC1. The smallest absolute Gasteiger partial charge is 0.249 e. The van der Waals surface area contributed by atoms with Crippen LogP contribution in [0.4, 0.5) is 17.5 Å². The molecule has 0 radical (unpaired) electrons. The van der Waals surface area contributed by atoms with Gasteiger partial charge in [0, 0.05) is 37.9 Å². The van der Waals surface area contributed by atoms with Crippen molar-refractivity contribution in [1.82, 2.24) is 20.1 Å². The molecule has 3 heterocycles. The van der Waals surface area contributed by atoms with Gasteiger partial charge < -0.3 is 24.6 Å². The normalized spacial score (nSPS) is 16.2. The van der Waals surface area contributed by atoms with Crippen LogP contribution in [-0.2, 0) is 4.79 Å². The van der Waals surface area contributed by atoms with Gasteiger partial charge in [-0.05, 0) is 12.1 Å². The van der Waals surface area contributed by atoms with Crippen LogP contribution in [0.3, 0.4) is 0 Å². The maximum absolute atomic E-state index is 10.8. The van der Waals surface area contributed by atoms with Crippen LogP contribution in [0.5, 0.6) is 11.5 Å². The largest absolute Gasteiger partial charge is 0.454 e. The van der Waals surface area contributed by atoms with Crippen molar-refractivity contribution in [2.75, 3.05) is 43.2 Å². The summed E-state index contributed by atoms with van der Waals surface area (Å²) in [5.41, 5.74) is 0.795. The van der Waals surface area contributed by atoms with Crippen molar-refractivity contribution in [1.29, 1.82) is 0 Å². The Morgan fingerprint density at radius 1 is 1.12 bits per heavy atom. The van der Waals surface area contributed by atoms with Crippen LogP contribution in [0.25, 0.3) is 0 Å². The fourth-order valence-electron chi connectivity index (χ4n) is 2.66. The third-order valence-electron chi connectivity index (χ3n) is 3.96. The first-order valence-electron chi connectivity index (χ1n) is 7.62. The maximum atomic E-state index is 10.8. The molecule has 0 spiro atoms. The third kappa shape index (κ3) is 2.87. The number of nitrogens with one attached hydrogen (secondary N) is 1. The summed E-state index contributed by atoms with van der Waals surface area (Å²) in [6.45, 7) is 3.04. The second-order valence-electron chi connectivity index (χ2n) is 5.46. The number of anilines is 3. The molecular weight excluding hydrogens is 312 g/mol. The number of aromatic nitrogens is 3. The molecule has 124 valence electrons. The number of nitrogens with zero attached hydrogens (tertiary/aromatic N) is 5. The van der Waals surface area contributed by atoms with E-state index in [2.05, 4.69) is 25.4 Å². The summed E-state index contributed by atoms with van der Waals surface area (Å²) in [6, 6.07) is 5.54. The van der Waals surface area contributed by atoms with E-state index in [-0.39, 0.29) is 6.79 Å². The zero-order chi connectivity index (χ0) is 16.4. The van der Waals surface area contributed by atoms with Crippen LogP contribution in [0.2, 0.25) is 0 Å². The van der Waals surface area contributed by atoms with Crippen LogP contribution in [0, 0.1) is 0 Å². The first-order valence-corrected chi connectivity index (χ1v) is 7.62. The Kier molecular flexibility index (Phi) is 3.73. The Morgan fingerprint density at radius 3 is 2.79 bits per heavy atom. The highest BCUT2D eigenvalue weighted by molar-refractivity contribution is 5.60. The van der Waals surface area contributed by atoms with Gasteiger partial charge in [0.25, 0.3) is 0 Å². The highest BCUT2D eigenvalue weighted by Crippen LogP contribution is 2.34. The number of carbonyl (C=O) groups excluding carboxylic acids is 1. The predicted octanol–water partition coefficient (Wildman–Crippen LogP) is 0.622. The molecule has 2 aliphatic heterocycles. The van der Waals surface area contributed by atoms with E-state index < -0.39 is 0 Å². The van der Waals surface area contributed by atoms with E-state index in [9.17, 15) is 4.79 Å². The van der Waals surface area contributed by atoms with Gasteiger partial charge in [-0.15, -0.1) is 5.10 Å². The molecule has 1 fully saturated rings. The van der Waals surface area contributed by atoms with Crippen molar-refractivity contribution >= 4 is 23.9 Å². The monoisotopic (exact) mass is 328 g/mol. The molecule has 0 bridgehead atoms. The van der Waals surface area contributed by atoms with E-state index in [0.29, 0.717) is 24.8 Å². The van der Waals surface area contributed by atoms with Crippen LogP contribution in [0.15, 0.2) is 24.4 Å². The van der Waals surface area contributed by atoms with Gasteiger partial charge in [0.2, 0.25) is 19.2 Å². The Labute approximate surface area is 138 Å². The zero-order valence-corrected chi connectivity index (χ0v) is 12.9. The van der Waals surface area contributed by atoms with Gasteiger partial charge in [-0.2, -0.15) is 10.1 Å². The fourth-order valence-corrected chi connectivity index (χ4v) is 2.66. The van der Waals surface area contributed by atoms with Crippen molar-refractivity contribution in [3.8, 4) is 11.5 Å². The Morgan fingerprint density at radius 2 is 1.96 bits per heavy atom. The van der Waals surface area contributed by atoms with Crippen LogP contribution in [-0.4, -0.2) is 59.5 Å². The van der Waals surface area contributed by atoms with E-state index in [4.69, 9.17) is 9.47 Å². The van der Waals surface area contributed by atoms with E-state index in [0.717, 1.165) is 36.8 Å². The number of hydrogen-bond donors (Lipinski definition) is 1. The second kappa shape index (κ2) is 6.19. The van der Waals surface area contributed by atoms with Gasteiger partial charge >= 0.3 is 0 Å². The Bertz CT molecular complexity index is 748. The number of benzene rings is 1. The van der Waals surface area contributed by atoms with Crippen molar-refractivity contribution in [3.63, 3.8) is 0 Å². The first-order chi connectivity index (χ1) is 11.8. The molecule has 1 aromatic carbocycles. The molecule has 4 rings (SSSR count). The molecule has 0 aliphatic carbocycles. The summed E-state index contributed by atoms with van der Waals surface area (Å²) in [5.74, 6) is 2.55. The van der Waals surface area contributed by atoms with Crippen molar-refractivity contribution in [3.05, 3.63) is 24.4 Å².